The Morgan fingerprint density at radius 1 is 1.65 bits per heavy atom. The Morgan fingerprint density at radius 2 is 2.47 bits per heavy atom. The van der Waals surface area contributed by atoms with Gasteiger partial charge in [0.05, 0.1) is 12.7 Å². The van der Waals surface area contributed by atoms with Gasteiger partial charge in [-0.15, -0.1) is 0 Å². The van der Waals surface area contributed by atoms with Crippen molar-refractivity contribution in [1.29, 1.82) is 0 Å². The topological polar surface area (TPSA) is 37.4 Å². The average Bonchev–Trinajstić information content (AvgIpc) is 2.33. The number of hydrogen-bond donors (Lipinski definition) is 1. The molecule has 5 heteroatoms. The van der Waals surface area contributed by atoms with E-state index in [1.165, 1.54) is 5.56 Å². The average molecular weight is 300 g/mol. The molecule has 1 N–H and O–H groups in total. The fourth-order valence-electron chi connectivity index (χ4n) is 1.98. The van der Waals surface area contributed by atoms with Crippen LogP contribution in [0.15, 0.2) is 16.7 Å². The highest BCUT2D eigenvalue weighted by Gasteiger charge is 2.20. The number of morpholine rings is 1. The SMILES string of the molecule is CNCC1CN(c2cc(C)c(Br)cn2)CCO1. The van der Waals surface area contributed by atoms with Crippen molar-refractivity contribution in [1.82, 2.24) is 10.3 Å². The minimum absolute atomic E-state index is 0.250. The first kappa shape index (κ1) is 12.8. The molecule has 0 aliphatic carbocycles. The van der Waals surface area contributed by atoms with Gasteiger partial charge in [0.25, 0.3) is 0 Å². The van der Waals surface area contributed by atoms with Gasteiger partial charge in [-0.3, -0.25) is 0 Å². The van der Waals surface area contributed by atoms with Crippen molar-refractivity contribution >= 4 is 21.7 Å². The van der Waals surface area contributed by atoms with E-state index < -0.39 is 0 Å². The van der Waals surface area contributed by atoms with Gasteiger partial charge in [0.2, 0.25) is 0 Å². The lowest BCUT2D eigenvalue weighted by Gasteiger charge is -2.33. The second-order valence-corrected chi connectivity index (χ2v) is 5.14. The fraction of sp³-hybridized carbons (Fsp3) is 0.583. The molecule has 0 saturated carbocycles. The molecule has 94 valence electrons. The normalized spacial score (nSPS) is 20.6. The molecule has 1 unspecified atom stereocenters. The number of nitrogens with zero attached hydrogens (tertiary/aromatic N) is 2. The smallest absolute Gasteiger partial charge is 0.128 e. The third-order valence-electron chi connectivity index (χ3n) is 2.93. The fourth-order valence-corrected chi connectivity index (χ4v) is 2.19. The zero-order valence-electron chi connectivity index (χ0n) is 10.2. The standard InChI is InChI=1S/C12H18BrN3O/c1-9-5-12(15-7-11(9)13)16-3-4-17-10(8-16)6-14-2/h5,7,10,14H,3-4,6,8H2,1-2H3. The van der Waals surface area contributed by atoms with E-state index in [0.717, 1.165) is 36.5 Å². The van der Waals surface area contributed by atoms with Gasteiger partial charge in [-0.2, -0.15) is 0 Å². The summed E-state index contributed by atoms with van der Waals surface area (Å²) < 4.78 is 6.74. The summed E-state index contributed by atoms with van der Waals surface area (Å²) in [7, 11) is 1.95. The van der Waals surface area contributed by atoms with Crippen LogP contribution in [0.1, 0.15) is 5.56 Å². The highest BCUT2D eigenvalue weighted by atomic mass is 79.9. The van der Waals surface area contributed by atoms with Gasteiger partial charge < -0.3 is 15.0 Å². The molecule has 0 radical (unpaired) electrons. The predicted molar refractivity (Wildman–Crippen MR) is 72.6 cm³/mol. The highest BCUT2D eigenvalue weighted by molar-refractivity contribution is 9.10. The lowest BCUT2D eigenvalue weighted by molar-refractivity contribution is 0.0419. The van der Waals surface area contributed by atoms with Crippen molar-refractivity contribution in [3.63, 3.8) is 0 Å². The highest BCUT2D eigenvalue weighted by Crippen LogP contribution is 2.21. The summed E-state index contributed by atoms with van der Waals surface area (Å²) in [5, 5.41) is 3.15. The number of aryl methyl sites for hydroxylation is 1. The van der Waals surface area contributed by atoms with Crippen LogP contribution in [0.3, 0.4) is 0 Å². The Kier molecular flexibility index (Phi) is 4.36. The summed E-state index contributed by atoms with van der Waals surface area (Å²) in [6.07, 6.45) is 2.12. The first-order valence-electron chi connectivity index (χ1n) is 5.84. The van der Waals surface area contributed by atoms with E-state index in [-0.39, 0.29) is 6.10 Å². The molecule has 2 rings (SSSR count). The molecule has 1 aromatic heterocycles. The van der Waals surface area contributed by atoms with E-state index >= 15 is 0 Å². The molecule has 1 aliphatic rings. The van der Waals surface area contributed by atoms with Crippen molar-refractivity contribution in [2.75, 3.05) is 38.2 Å². The summed E-state index contributed by atoms with van der Waals surface area (Å²) in [6.45, 7) is 5.54. The van der Waals surface area contributed by atoms with E-state index in [0.29, 0.717) is 0 Å². The second kappa shape index (κ2) is 5.80. The Bertz CT molecular complexity index is 384. The van der Waals surface area contributed by atoms with Crippen molar-refractivity contribution in [2.45, 2.75) is 13.0 Å². The molecular weight excluding hydrogens is 282 g/mol. The molecule has 1 fully saturated rings. The second-order valence-electron chi connectivity index (χ2n) is 4.29. The van der Waals surface area contributed by atoms with Gasteiger partial charge in [0.1, 0.15) is 5.82 Å². The molecular formula is C12H18BrN3O. The van der Waals surface area contributed by atoms with Crippen molar-refractivity contribution < 1.29 is 4.74 Å². The van der Waals surface area contributed by atoms with Crippen LogP contribution in [0, 0.1) is 6.92 Å². The number of halogens is 1. The predicted octanol–water partition coefficient (Wildman–Crippen LogP) is 1.58. The van der Waals surface area contributed by atoms with Crippen LogP contribution in [0.25, 0.3) is 0 Å². The summed E-state index contributed by atoms with van der Waals surface area (Å²) in [4.78, 5) is 6.74. The van der Waals surface area contributed by atoms with Gasteiger partial charge in [-0.05, 0) is 41.5 Å². The van der Waals surface area contributed by atoms with Crippen molar-refractivity contribution in [3.05, 3.63) is 22.3 Å². The van der Waals surface area contributed by atoms with Gasteiger partial charge >= 0.3 is 0 Å². The van der Waals surface area contributed by atoms with Gasteiger partial charge in [-0.1, -0.05) is 0 Å². The van der Waals surface area contributed by atoms with Crippen LogP contribution in [-0.4, -0.2) is 44.4 Å². The lowest BCUT2D eigenvalue weighted by Crippen LogP contribution is -2.46. The maximum absolute atomic E-state index is 5.68. The summed E-state index contributed by atoms with van der Waals surface area (Å²) in [6, 6.07) is 2.12. The maximum Gasteiger partial charge on any atom is 0.128 e. The molecule has 1 aromatic rings. The molecule has 0 amide bonds. The van der Waals surface area contributed by atoms with E-state index in [2.05, 4.69) is 44.1 Å². The van der Waals surface area contributed by atoms with Crippen LogP contribution in [0.2, 0.25) is 0 Å². The Morgan fingerprint density at radius 3 is 3.18 bits per heavy atom. The van der Waals surface area contributed by atoms with Crippen LogP contribution >= 0.6 is 15.9 Å². The number of nitrogens with one attached hydrogen (secondary N) is 1. The van der Waals surface area contributed by atoms with Crippen LogP contribution < -0.4 is 10.2 Å². The summed E-state index contributed by atoms with van der Waals surface area (Å²) in [5.41, 5.74) is 1.21. The zero-order valence-corrected chi connectivity index (χ0v) is 11.8. The molecule has 1 aliphatic heterocycles. The first-order chi connectivity index (χ1) is 8.20. The van der Waals surface area contributed by atoms with Gasteiger partial charge in [-0.25, -0.2) is 4.98 Å². The zero-order chi connectivity index (χ0) is 12.3. The monoisotopic (exact) mass is 299 g/mol. The molecule has 17 heavy (non-hydrogen) atoms. The molecule has 0 aromatic carbocycles. The molecule has 0 spiro atoms. The van der Waals surface area contributed by atoms with E-state index in [4.69, 9.17) is 4.74 Å². The van der Waals surface area contributed by atoms with E-state index in [1.807, 2.05) is 13.2 Å². The number of pyridine rings is 1. The maximum atomic E-state index is 5.68. The number of rotatable bonds is 3. The van der Waals surface area contributed by atoms with E-state index in [1.54, 1.807) is 0 Å². The van der Waals surface area contributed by atoms with Crippen molar-refractivity contribution in [3.8, 4) is 0 Å². The molecule has 1 atom stereocenters. The molecule has 1 saturated heterocycles. The molecule has 2 heterocycles. The largest absolute Gasteiger partial charge is 0.373 e. The lowest BCUT2D eigenvalue weighted by atomic mass is 10.2. The van der Waals surface area contributed by atoms with Crippen LogP contribution in [0.4, 0.5) is 5.82 Å². The first-order valence-corrected chi connectivity index (χ1v) is 6.63. The summed E-state index contributed by atoms with van der Waals surface area (Å²) >= 11 is 3.47. The van der Waals surface area contributed by atoms with Crippen molar-refractivity contribution in [2.24, 2.45) is 0 Å². The third-order valence-corrected chi connectivity index (χ3v) is 3.76. The minimum Gasteiger partial charge on any atom is -0.373 e. The number of anilines is 1. The Hall–Kier alpha value is -0.650. The molecule has 0 bridgehead atoms. The number of likely N-dealkylation sites (N-methyl/N-ethyl adjacent to an activating group) is 1. The summed E-state index contributed by atoms with van der Waals surface area (Å²) in [5.74, 6) is 1.04. The third kappa shape index (κ3) is 3.18. The minimum atomic E-state index is 0.250. The van der Waals surface area contributed by atoms with Gasteiger partial charge in [0.15, 0.2) is 0 Å². The van der Waals surface area contributed by atoms with Crippen LogP contribution in [-0.2, 0) is 4.74 Å². The number of ether oxygens (including phenoxy) is 1. The number of hydrogen-bond acceptors (Lipinski definition) is 4. The Labute approximate surface area is 110 Å². The quantitative estimate of drug-likeness (QED) is 0.919. The number of aromatic nitrogens is 1. The van der Waals surface area contributed by atoms with E-state index in [9.17, 15) is 0 Å². The van der Waals surface area contributed by atoms with Gasteiger partial charge in [0, 0.05) is 30.3 Å². The molecule has 4 nitrogen and oxygen atoms in total. The van der Waals surface area contributed by atoms with Crippen LogP contribution in [0.5, 0.6) is 0 Å². The Balaban J connectivity index is 2.08.